The average molecular weight is 387 g/mol. The second-order valence-corrected chi connectivity index (χ2v) is 9.04. The molecular formula is C23H34N2O3. The summed E-state index contributed by atoms with van der Waals surface area (Å²) in [5.74, 6) is 1.53. The van der Waals surface area contributed by atoms with Gasteiger partial charge in [0.25, 0.3) is 0 Å². The van der Waals surface area contributed by atoms with E-state index in [1.165, 1.54) is 19.3 Å². The van der Waals surface area contributed by atoms with Crippen molar-refractivity contribution in [3.8, 4) is 5.75 Å². The topological polar surface area (TPSA) is 53.0 Å². The van der Waals surface area contributed by atoms with Gasteiger partial charge in [-0.25, -0.2) is 0 Å². The fourth-order valence-electron chi connectivity index (χ4n) is 5.02. The standard InChI is InChI=1S/C23H34N2O3/c1-18-7-3-4-8-21(18)28-17-19(26)16-24-13-9-23(10-14-24)15-20(23)22(27)25-11-5-2-6-12-25/h3-4,7-8,19-20,26H,2,5-6,9-17H2,1H3. The Morgan fingerprint density at radius 1 is 1.18 bits per heavy atom. The summed E-state index contributed by atoms with van der Waals surface area (Å²) in [5.41, 5.74) is 1.35. The van der Waals surface area contributed by atoms with E-state index in [0.29, 0.717) is 19.1 Å². The molecule has 5 nitrogen and oxygen atoms in total. The summed E-state index contributed by atoms with van der Waals surface area (Å²) in [5, 5.41) is 10.4. The Balaban J connectivity index is 1.19. The maximum atomic E-state index is 12.8. The molecule has 2 heterocycles. The van der Waals surface area contributed by atoms with Crippen molar-refractivity contribution in [2.75, 3.05) is 39.3 Å². The summed E-state index contributed by atoms with van der Waals surface area (Å²) in [6.45, 7) is 6.87. The summed E-state index contributed by atoms with van der Waals surface area (Å²) >= 11 is 0. The number of nitrogens with zero attached hydrogens (tertiary/aromatic N) is 2. The summed E-state index contributed by atoms with van der Waals surface area (Å²) in [4.78, 5) is 17.2. The van der Waals surface area contributed by atoms with E-state index in [4.69, 9.17) is 4.74 Å². The van der Waals surface area contributed by atoms with E-state index in [1.807, 2.05) is 31.2 Å². The van der Waals surface area contributed by atoms with E-state index in [0.717, 1.165) is 56.8 Å². The number of carbonyl (C=O) groups excluding carboxylic acids is 1. The molecule has 0 aromatic heterocycles. The SMILES string of the molecule is Cc1ccccc1OCC(O)CN1CCC2(CC1)CC2C(=O)N1CCCCC1. The van der Waals surface area contributed by atoms with Crippen molar-refractivity contribution in [2.24, 2.45) is 11.3 Å². The van der Waals surface area contributed by atoms with E-state index >= 15 is 0 Å². The van der Waals surface area contributed by atoms with Gasteiger partial charge in [-0.05, 0) is 75.6 Å². The fraction of sp³-hybridized carbons (Fsp3) is 0.696. The number of likely N-dealkylation sites (tertiary alicyclic amines) is 2. The zero-order chi connectivity index (χ0) is 19.6. The van der Waals surface area contributed by atoms with Gasteiger partial charge in [-0.15, -0.1) is 0 Å². The quantitative estimate of drug-likeness (QED) is 0.817. The number of para-hydroxylation sites is 1. The molecule has 1 aromatic rings. The summed E-state index contributed by atoms with van der Waals surface area (Å²) in [6.07, 6.45) is 6.37. The molecule has 1 aliphatic carbocycles. The van der Waals surface area contributed by atoms with Gasteiger partial charge in [0.05, 0.1) is 0 Å². The van der Waals surface area contributed by atoms with Crippen LogP contribution in [0.5, 0.6) is 5.75 Å². The molecular weight excluding hydrogens is 352 g/mol. The number of benzene rings is 1. The predicted molar refractivity (Wildman–Crippen MR) is 109 cm³/mol. The second kappa shape index (κ2) is 8.42. The molecule has 1 amide bonds. The molecule has 5 heteroatoms. The monoisotopic (exact) mass is 386 g/mol. The number of aliphatic hydroxyl groups is 1. The van der Waals surface area contributed by atoms with Gasteiger partial charge in [-0.2, -0.15) is 0 Å². The van der Waals surface area contributed by atoms with E-state index in [-0.39, 0.29) is 11.3 Å². The van der Waals surface area contributed by atoms with Crippen molar-refractivity contribution in [1.29, 1.82) is 0 Å². The largest absolute Gasteiger partial charge is 0.491 e. The van der Waals surface area contributed by atoms with E-state index in [1.54, 1.807) is 0 Å². The minimum atomic E-state index is -0.487. The van der Waals surface area contributed by atoms with Crippen molar-refractivity contribution in [3.63, 3.8) is 0 Å². The first kappa shape index (κ1) is 19.7. The summed E-state index contributed by atoms with van der Waals surface area (Å²) in [6, 6.07) is 7.90. The Labute approximate surface area is 168 Å². The van der Waals surface area contributed by atoms with Crippen LogP contribution in [0.25, 0.3) is 0 Å². The number of aliphatic hydroxyl groups excluding tert-OH is 1. The third-order valence-electron chi connectivity index (χ3n) is 7.00. The van der Waals surface area contributed by atoms with Gasteiger partial charge in [-0.3, -0.25) is 4.79 Å². The van der Waals surface area contributed by atoms with Gasteiger partial charge < -0.3 is 19.6 Å². The van der Waals surface area contributed by atoms with Crippen molar-refractivity contribution >= 4 is 5.91 Å². The lowest BCUT2D eigenvalue weighted by Gasteiger charge is -2.35. The molecule has 154 valence electrons. The van der Waals surface area contributed by atoms with Crippen LogP contribution in [0.4, 0.5) is 0 Å². The average Bonchev–Trinajstić information content (AvgIpc) is 3.43. The molecule has 3 aliphatic rings. The van der Waals surface area contributed by atoms with Gasteiger partial charge >= 0.3 is 0 Å². The predicted octanol–water partition coefficient (Wildman–Crippen LogP) is 2.85. The van der Waals surface area contributed by atoms with Crippen LogP contribution in [-0.2, 0) is 4.79 Å². The first-order chi connectivity index (χ1) is 13.6. The van der Waals surface area contributed by atoms with E-state index in [9.17, 15) is 9.90 Å². The number of aryl methyl sites for hydroxylation is 1. The van der Waals surface area contributed by atoms with Crippen molar-refractivity contribution < 1.29 is 14.6 Å². The van der Waals surface area contributed by atoms with Crippen LogP contribution >= 0.6 is 0 Å². The first-order valence-electron chi connectivity index (χ1n) is 10.9. The van der Waals surface area contributed by atoms with Crippen LogP contribution < -0.4 is 4.74 Å². The third-order valence-corrected chi connectivity index (χ3v) is 7.00. The third kappa shape index (κ3) is 4.36. The number of β-amino-alcohol motifs (C(OH)–C–C–N with tert-alkyl or cyclic N) is 1. The number of amides is 1. The molecule has 3 fully saturated rings. The molecule has 2 saturated heterocycles. The zero-order valence-corrected chi connectivity index (χ0v) is 17.1. The van der Waals surface area contributed by atoms with Crippen LogP contribution in [0, 0.1) is 18.3 Å². The normalized spacial score (nSPS) is 25.5. The van der Waals surface area contributed by atoms with Crippen molar-refractivity contribution in [1.82, 2.24) is 9.80 Å². The molecule has 1 N–H and O–H groups in total. The minimum Gasteiger partial charge on any atom is -0.491 e. The molecule has 1 aromatic carbocycles. The Hall–Kier alpha value is -1.59. The number of rotatable bonds is 6. The Morgan fingerprint density at radius 2 is 1.89 bits per heavy atom. The molecule has 4 rings (SSSR count). The molecule has 2 unspecified atom stereocenters. The highest BCUT2D eigenvalue weighted by Crippen LogP contribution is 2.60. The molecule has 28 heavy (non-hydrogen) atoms. The highest BCUT2D eigenvalue weighted by molar-refractivity contribution is 5.82. The Bertz CT molecular complexity index is 678. The lowest BCUT2D eigenvalue weighted by atomic mass is 9.90. The maximum Gasteiger partial charge on any atom is 0.226 e. The van der Waals surface area contributed by atoms with Gasteiger partial charge in [0.15, 0.2) is 0 Å². The molecule has 0 radical (unpaired) electrons. The number of hydrogen-bond donors (Lipinski definition) is 1. The first-order valence-corrected chi connectivity index (χ1v) is 10.9. The lowest BCUT2D eigenvalue weighted by Crippen LogP contribution is -2.43. The van der Waals surface area contributed by atoms with Gasteiger partial charge in [0.1, 0.15) is 18.5 Å². The Morgan fingerprint density at radius 3 is 2.61 bits per heavy atom. The van der Waals surface area contributed by atoms with E-state index in [2.05, 4.69) is 9.80 Å². The molecule has 2 atom stereocenters. The van der Waals surface area contributed by atoms with Crippen LogP contribution in [0.15, 0.2) is 24.3 Å². The highest BCUT2D eigenvalue weighted by Gasteiger charge is 2.59. The van der Waals surface area contributed by atoms with Crippen LogP contribution in [0.1, 0.15) is 44.1 Å². The minimum absolute atomic E-state index is 0.258. The number of ether oxygens (including phenoxy) is 1. The van der Waals surface area contributed by atoms with Crippen molar-refractivity contribution in [3.05, 3.63) is 29.8 Å². The van der Waals surface area contributed by atoms with Crippen LogP contribution in [0.2, 0.25) is 0 Å². The van der Waals surface area contributed by atoms with Crippen molar-refractivity contribution in [2.45, 2.75) is 51.6 Å². The van der Waals surface area contributed by atoms with Gasteiger partial charge in [0.2, 0.25) is 5.91 Å². The van der Waals surface area contributed by atoms with Crippen LogP contribution in [-0.4, -0.2) is 66.2 Å². The molecule has 2 aliphatic heterocycles. The molecule has 1 spiro atoms. The van der Waals surface area contributed by atoms with Gasteiger partial charge in [-0.1, -0.05) is 18.2 Å². The highest BCUT2D eigenvalue weighted by atomic mass is 16.5. The molecule has 1 saturated carbocycles. The second-order valence-electron chi connectivity index (χ2n) is 9.04. The fourth-order valence-corrected chi connectivity index (χ4v) is 5.02. The smallest absolute Gasteiger partial charge is 0.226 e. The lowest BCUT2D eigenvalue weighted by molar-refractivity contribution is -0.134. The summed E-state index contributed by atoms with van der Waals surface area (Å²) in [7, 11) is 0. The maximum absolute atomic E-state index is 12.8. The van der Waals surface area contributed by atoms with E-state index < -0.39 is 6.10 Å². The zero-order valence-electron chi connectivity index (χ0n) is 17.1. The molecule has 0 bridgehead atoms. The van der Waals surface area contributed by atoms with Gasteiger partial charge in [0, 0.05) is 25.6 Å². The number of piperidine rings is 2. The Kier molecular flexibility index (Phi) is 5.93. The number of hydrogen-bond acceptors (Lipinski definition) is 4. The number of carbonyl (C=O) groups is 1. The summed E-state index contributed by atoms with van der Waals surface area (Å²) < 4.78 is 5.78. The van der Waals surface area contributed by atoms with Crippen LogP contribution in [0.3, 0.4) is 0 Å².